The number of rotatable bonds is 6. The third kappa shape index (κ3) is 3.45. The molecule has 0 bridgehead atoms. The smallest absolute Gasteiger partial charge is 0.317 e. The van der Waals surface area contributed by atoms with Gasteiger partial charge in [0.25, 0.3) is 0 Å². The van der Waals surface area contributed by atoms with Gasteiger partial charge in [0.1, 0.15) is 0 Å². The molecule has 0 aromatic carbocycles. The van der Waals surface area contributed by atoms with Gasteiger partial charge in [-0.3, -0.25) is 4.68 Å². The summed E-state index contributed by atoms with van der Waals surface area (Å²) in [4.78, 5) is 13.1. The number of hydrogen-bond donors (Lipinski definition) is 2. The van der Waals surface area contributed by atoms with Gasteiger partial charge in [0.15, 0.2) is 0 Å². The van der Waals surface area contributed by atoms with Crippen molar-refractivity contribution in [2.75, 3.05) is 32.7 Å². The van der Waals surface area contributed by atoms with Crippen molar-refractivity contribution in [1.29, 1.82) is 0 Å². The molecule has 2 amide bonds. The Balaban J connectivity index is 1.56. The van der Waals surface area contributed by atoms with Gasteiger partial charge in [-0.2, -0.15) is 5.10 Å². The fraction of sp³-hybridized carbons (Fsp3) is 0.636. The number of urea groups is 1. The molecule has 0 spiro atoms. The summed E-state index contributed by atoms with van der Waals surface area (Å²) in [7, 11) is 1.92. The summed E-state index contributed by atoms with van der Waals surface area (Å²) in [6.07, 6.45) is 2.87. The van der Waals surface area contributed by atoms with Crippen LogP contribution in [0.1, 0.15) is 5.69 Å². The Bertz CT molecular complexity index is 376. The van der Waals surface area contributed by atoms with Gasteiger partial charge in [-0.25, -0.2) is 4.79 Å². The van der Waals surface area contributed by atoms with Gasteiger partial charge in [0.05, 0.1) is 5.69 Å². The molecular formula is C11H19N5O. The van der Waals surface area contributed by atoms with E-state index in [1.165, 1.54) is 0 Å². The number of aryl methyl sites for hydroxylation is 1. The van der Waals surface area contributed by atoms with E-state index in [1.54, 1.807) is 0 Å². The summed E-state index contributed by atoms with van der Waals surface area (Å²) in [5.41, 5.74) is 1.10. The van der Waals surface area contributed by atoms with E-state index in [0.717, 1.165) is 44.8 Å². The van der Waals surface area contributed by atoms with Gasteiger partial charge in [0, 0.05) is 52.4 Å². The first-order valence-corrected chi connectivity index (χ1v) is 5.98. The normalized spacial score (nSPS) is 15.4. The second-order valence-electron chi connectivity index (χ2n) is 4.20. The molecule has 1 aliphatic rings. The summed E-state index contributed by atoms with van der Waals surface area (Å²) in [5, 5.41) is 10.4. The molecule has 0 aliphatic carbocycles. The molecule has 6 nitrogen and oxygen atoms in total. The molecule has 6 heteroatoms. The van der Waals surface area contributed by atoms with Gasteiger partial charge >= 0.3 is 6.03 Å². The van der Waals surface area contributed by atoms with Crippen LogP contribution in [0.5, 0.6) is 0 Å². The molecule has 94 valence electrons. The Kier molecular flexibility index (Phi) is 3.98. The van der Waals surface area contributed by atoms with E-state index in [9.17, 15) is 4.79 Å². The van der Waals surface area contributed by atoms with Crippen LogP contribution in [0.15, 0.2) is 12.3 Å². The molecule has 17 heavy (non-hydrogen) atoms. The molecule has 1 aromatic heterocycles. The number of hydrogen-bond acceptors (Lipinski definition) is 3. The summed E-state index contributed by atoms with van der Waals surface area (Å²) in [6, 6.07) is 2.08. The third-order valence-electron chi connectivity index (χ3n) is 2.83. The first-order valence-electron chi connectivity index (χ1n) is 5.98. The average molecular weight is 237 g/mol. The second-order valence-corrected chi connectivity index (χ2v) is 4.20. The van der Waals surface area contributed by atoms with E-state index in [1.807, 2.05) is 28.9 Å². The average Bonchev–Trinajstić information content (AvgIpc) is 2.88. The van der Waals surface area contributed by atoms with E-state index in [4.69, 9.17) is 0 Å². The fourth-order valence-corrected chi connectivity index (χ4v) is 1.88. The van der Waals surface area contributed by atoms with Gasteiger partial charge in [0.2, 0.25) is 0 Å². The van der Waals surface area contributed by atoms with Crippen molar-refractivity contribution >= 4 is 6.03 Å². The molecule has 0 radical (unpaired) electrons. The van der Waals surface area contributed by atoms with Gasteiger partial charge < -0.3 is 15.5 Å². The Labute approximate surface area is 101 Å². The molecule has 2 rings (SSSR count). The molecule has 1 aliphatic heterocycles. The zero-order valence-electron chi connectivity index (χ0n) is 10.1. The fourth-order valence-electron chi connectivity index (χ4n) is 1.88. The number of aromatic nitrogens is 2. The van der Waals surface area contributed by atoms with Crippen molar-refractivity contribution in [3.8, 4) is 0 Å². The SMILES string of the molecule is Cn1ccc(CCNCCN2CCNC2=O)n1. The summed E-state index contributed by atoms with van der Waals surface area (Å²) >= 11 is 0. The maximum absolute atomic E-state index is 11.2. The first kappa shape index (κ1) is 11.9. The van der Waals surface area contributed by atoms with Crippen LogP contribution in [0.3, 0.4) is 0 Å². The lowest BCUT2D eigenvalue weighted by atomic mass is 10.3. The minimum absolute atomic E-state index is 0.0523. The van der Waals surface area contributed by atoms with Crippen LogP contribution >= 0.6 is 0 Å². The zero-order chi connectivity index (χ0) is 12.1. The Hall–Kier alpha value is -1.56. The number of nitrogens with one attached hydrogen (secondary N) is 2. The zero-order valence-corrected chi connectivity index (χ0v) is 10.1. The van der Waals surface area contributed by atoms with Crippen LogP contribution < -0.4 is 10.6 Å². The molecule has 0 atom stereocenters. The highest BCUT2D eigenvalue weighted by molar-refractivity contribution is 5.76. The lowest BCUT2D eigenvalue weighted by molar-refractivity contribution is 0.217. The van der Waals surface area contributed by atoms with E-state index in [0.29, 0.717) is 0 Å². The standard InChI is InChI=1S/C11H19N5O/c1-15-7-3-10(14-15)2-4-12-5-8-16-9-6-13-11(16)17/h3,7,12H,2,4-6,8-9H2,1H3,(H,13,17). The van der Waals surface area contributed by atoms with Crippen molar-refractivity contribution in [3.63, 3.8) is 0 Å². The predicted octanol–water partition coefficient (Wildman–Crippen LogP) is -0.423. The van der Waals surface area contributed by atoms with E-state index in [2.05, 4.69) is 15.7 Å². The van der Waals surface area contributed by atoms with Gasteiger partial charge in [-0.15, -0.1) is 0 Å². The second kappa shape index (κ2) is 5.67. The first-order chi connectivity index (χ1) is 8.25. The Morgan fingerprint density at radius 2 is 2.41 bits per heavy atom. The number of amides is 2. The van der Waals surface area contributed by atoms with Crippen LogP contribution in [0.4, 0.5) is 4.79 Å². The lowest BCUT2D eigenvalue weighted by Crippen LogP contribution is -2.35. The van der Waals surface area contributed by atoms with E-state index >= 15 is 0 Å². The van der Waals surface area contributed by atoms with E-state index < -0.39 is 0 Å². The molecule has 2 N–H and O–H groups in total. The lowest BCUT2D eigenvalue weighted by Gasteiger charge is -2.13. The molecule has 1 saturated heterocycles. The van der Waals surface area contributed by atoms with Gasteiger partial charge in [-0.1, -0.05) is 0 Å². The predicted molar refractivity (Wildman–Crippen MR) is 64.8 cm³/mol. The highest BCUT2D eigenvalue weighted by Gasteiger charge is 2.17. The molecular weight excluding hydrogens is 218 g/mol. The van der Waals surface area contributed by atoms with Crippen LogP contribution in [0.2, 0.25) is 0 Å². The minimum atomic E-state index is 0.0523. The van der Waals surface area contributed by atoms with Crippen LogP contribution in [0, 0.1) is 0 Å². The Morgan fingerprint density at radius 3 is 3.06 bits per heavy atom. The Morgan fingerprint density at radius 1 is 1.53 bits per heavy atom. The summed E-state index contributed by atoms with van der Waals surface area (Å²) < 4.78 is 1.81. The highest BCUT2D eigenvalue weighted by atomic mass is 16.2. The van der Waals surface area contributed by atoms with Gasteiger partial charge in [-0.05, 0) is 6.07 Å². The molecule has 1 fully saturated rings. The minimum Gasteiger partial charge on any atom is -0.336 e. The summed E-state index contributed by atoms with van der Waals surface area (Å²) in [5.74, 6) is 0. The number of carbonyl (C=O) groups is 1. The van der Waals surface area contributed by atoms with Crippen molar-refractivity contribution in [2.45, 2.75) is 6.42 Å². The maximum Gasteiger partial charge on any atom is 0.317 e. The number of nitrogens with zero attached hydrogens (tertiary/aromatic N) is 3. The molecule has 0 unspecified atom stereocenters. The van der Waals surface area contributed by atoms with Crippen molar-refractivity contribution < 1.29 is 4.79 Å². The molecule has 0 saturated carbocycles. The quantitative estimate of drug-likeness (QED) is 0.660. The maximum atomic E-state index is 11.2. The van der Waals surface area contributed by atoms with Crippen molar-refractivity contribution in [2.24, 2.45) is 7.05 Å². The molecule has 2 heterocycles. The molecule has 1 aromatic rings. The van der Waals surface area contributed by atoms with Crippen LogP contribution in [-0.4, -0.2) is 53.4 Å². The monoisotopic (exact) mass is 237 g/mol. The highest BCUT2D eigenvalue weighted by Crippen LogP contribution is 1.95. The van der Waals surface area contributed by atoms with E-state index in [-0.39, 0.29) is 6.03 Å². The third-order valence-corrected chi connectivity index (χ3v) is 2.83. The van der Waals surface area contributed by atoms with Crippen LogP contribution in [0.25, 0.3) is 0 Å². The number of carbonyl (C=O) groups excluding carboxylic acids is 1. The summed E-state index contributed by atoms with van der Waals surface area (Å²) in [6.45, 7) is 4.09. The van der Waals surface area contributed by atoms with Crippen molar-refractivity contribution in [1.82, 2.24) is 25.3 Å². The van der Waals surface area contributed by atoms with Crippen LogP contribution in [-0.2, 0) is 13.5 Å². The van der Waals surface area contributed by atoms with Crippen molar-refractivity contribution in [3.05, 3.63) is 18.0 Å². The topological polar surface area (TPSA) is 62.2 Å². The largest absolute Gasteiger partial charge is 0.336 e.